The van der Waals surface area contributed by atoms with Crippen LogP contribution in [0, 0.1) is 17.2 Å². The molecule has 1 aromatic heterocycles. The molecule has 3 fully saturated rings. The number of hydrogen-bond acceptors (Lipinski definition) is 8. The van der Waals surface area contributed by atoms with Crippen LogP contribution in [0.4, 0.5) is 0 Å². The van der Waals surface area contributed by atoms with Gasteiger partial charge in [0.15, 0.2) is 0 Å². The van der Waals surface area contributed by atoms with E-state index in [2.05, 4.69) is 28.0 Å². The fourth-order valence-electron chi connectivity index (χ4n) is 5.29. The number of carbonyl (C=O) groups is 2. The predicted octanol–water partition coefficient (Wildman–Crippen LogP) is 2.55. The Morgan fingerprint density at radius 2 is 1.93 bits per heavy atom. The minimum atomic E-state index is -3.75. The highest BCUT2D eigenvalue weighted by Crippen LogP contribution is 2.45. The van der Waals surface area contributed by atoms with Crippen LogP contribution in [-0.2, 0) is 19.6 Å². The number of sulfonamides is 1. The third-order valence-electron chi connectivity index (χ3n) is 7.95. The molecule has 2 aromatic carbocycles. The summed E-state index contributed by atoms with van der Waals surface area (Å²) in [6.45, 7) is 4.12. The summed E-state index contributed by atoms with van der Waals surface area (Å²) >= 11 is 0. The number of pyridine rings is 1. The van der Waals surface area contributed by atoms with Gasteiger partial charge in [0.2, 0.25) is 21.8 Å². The van der Waals surface area contributed by atoms with Crippen LogP contribution in [0.15, 0.2) is 67.3 Å². The summed E-state index contributed by atoms with van der Waals surface area (Å²) in [5.74, 6) is -1.03. The van der Waals surface area contributed by atoms with E-state index < -0.39 is 38.7 Å². The summed E-state index contributed by atoms with van der Waals surface area (Å²) in [6.07, 6.45) is 2.88. The van der Waals surface area contributed by atoms with E-state index in [4.69, 9.17) is 15.0 Å². The van der Waals surface area contributed by atoms with Gasteiger partial charge in [0.1, 0.15) is 11.6 Å². The van der Waals surface area contributed by atoms with Crippen molar-refractivity contribution in [1.82, 2.24) is 20.3 Å². The second-order valence-corrected chi connectivity index (χ2v) is 12.8. The Morgan fingerprint density at radius 1 is 1.17 bits per heavy atom. The zero-order valence-electron chi connectivity index (χ0n) is 22.2. The molecular weight excluding hydrogens is 542 g/mol. The van der Waals surface area contributed by atoms with Crippen LogP contribution in [0.5, 0.6) is 5.88 Å². The van der Waals surface area contributed by atoms with E-state index in [9.17, 15) is 18.0 Å². The molecule has 3 aliphatic rings. The van der Waals surface area contributed by atoms with Crippen molar-refractivity contribution in [3.05, 3.63) is 72.8 Å². The Morgan fingerprint density at radius 3 is 2.61 bits per heavy atom. The van der Waals surface area contributed by atoms with Gasteiger partial charge in [0, 0.05) is 29.8 Å². The second kappa shape index (κ2) is 10.3. The fourth-order valence-corrected chi connectivity index (χ4v) is 6.66. The molecule has 1 unspecified atom stereocenters. The van der Waals surface area contributed by atoms with Crippen LogP contribution in [0.2, 0.25) is 0 Å². The van der Waals surface area contributed by atoms with Gasteiger partial charge in [-0.05, 0) is 48.9 Å². The summed E-state index contributed by atoms with van der Waals surface area (Å²) in [5.41, 5.74) is 0.771. The second-order valence-electron chi connectivity index (χ2n) is 10.8. The van der Waals surface area contributed by atoms with Crippen molar-refractivity contribution in [3.63, 3.8) is 0 Å². The Kier molecular flexibility index (Phi) is 6.76. The van der Waals surface area contributed by atoms with E-state index in [-0.39, 0.29) is 12.0 Å². The number of fused-ring (bicyclic) bond motifs is 1. The van der Waals surface area contributed by atoms with Crippen LogP contribution in [0.1, 0.15) is 31.2 Å². The largest absolute Gasteiger partial charge is 0.472 e. The average Bonchev–Trinajstić information content (AvgIpc) is 3.90. The number of aromatic nitrogens is 1. The van der Waals surface area contributed by atoms with Gasteiger partial charge >= 0.3 is 0 Å². The van der Waals surface area contributed by atoms with Crippen molar-refractivity contribution in [2.24, 2.45) is 5.92 Å². The highest BCUT2D eigenvalue weighted by Gasteiger charge is 2.61. The highest BCUT2D eigenvalue weighted by atomic mass is 32.2. The monoisotopic (exact) mass is 571 g/mol. The molecule has 0 spiro atoms. The van der Waals surface area contributed by atoms with Gasteiger partial charge in [0.05, 0.1) is 28.6 Å². The summed E-state index contributed by atoms with van der Waals surface area (Å²) < 4.78 is 33.2. The number of hydrogen-bond donors (Lipinski definition) is 3. The van der Waals surface area contributed by atoms with Gasteiger partial charge in [0.25, 0.3) is 5.91 Å². The van der Waals surface area contributed by atoms with Crippen LogP contribution in [0.25, 0.3) is 22.0 Å². The molecule has 4 atom stereocenters. The number of nitriles is 1. The molecular formula is C30H29N5O5S. The molecule has 6 rings (SSSR count). The lowest BCUT2D eigenvalue weighted by molar-refractivity contribution is -0.130. The molecule has 2 amide bonds. The highest BCUT2D eigenvalue weighted by molar-refractivity contribution is 7.91. The van der Waals surface area contributed by atoms with Gasteiger partial charge in [-0.2, -0.15) is 5.26 Å². The first-order valence-electron chi connectivity index (χ1n) is 13.5. The number of benzene rings is 2. The number of carbonyl (C=O) groups excluding carboxylic acids is 2. The van der Waals surface area contributed by atoms with E-state index >= 15 is 0 Å². The SMILES string of the molecule is C=C[C@@H]1C[C@]1(NC(=O)[C@@H]1CC(Oc2nc(-c3ccc(C#N)cc3)cc3ccccc23)CN1)C(=O)NS(=O)(=O)C1CC1. The molecule has 210 valence electrons. The third kappa shape index (κ3) is 5.28. The normalized spacial score (nSPS) is 25.2. The van der Waals surface area contributed by atoms with E-state index in [1.807, 2.05) is 42.5 Å². The molecule has 0 bridgehead atoms. The molecule has 0 radical (unpaired) electrons. The third-order valence-corrected chi connectivity index (χ3v) is 9.77. The van der Waals surface area contributed by atoms with Gasteiger partial charge in [-0.3, -0.25) is 14.3 Å². The van der Waals surface area contributed by atoms with E-state index in [0.29, 0.717) is 49.4 Å². The summed E-state index contributed by atoms with van der Waals surface area (Å²) in [4.78, 5) is 31.0. The zero-order valence-corrected chi connectivity index (χ0v) is 23.0. The molecule has 3 N–H and O–H groups in total. The number of nitrogens with one attached hydrogen (secondary N) is 3. The van der Waals surface area contributed by atoms with Gasteiger partial charge in [-0.1, -0.05) is 36.4 Å². The van der Waals surface area contributed by atoms with E-state index in [1.165, 1.54) is 0 Å². The van der Waals surface area contributed by atoms with Gasteiger partial charge < -0.3 is 15.4 Å². The minimum absolute atomic E-state index is 0.291. The topological polar surface area (TPSA) is 150 Å². The standard InChI is InChI=1S/C30H29N5O5S/c1-2-21-15-30(21,29(37)35-41(38,39)23-11-12-23)34-27(36)26-14-22(17-32-26)40-28-24-6-4-3-5-20(24)13-25(33-28)19-9-7-18(16-31)8-10-19/h2-10,13,21-23,26,32H,1,11-12,14-15,17H2,(H,34,36)(H,35,37)/t21-,22?,26+,30-/m1/s1. The Balaban J connectivity index is 1.16. The van der Waals surface area contributed by atoms with Crippen LogP contribution < -0.4 is 20.1 Å². The number of nitrogens with zero attached hydrogens (tertiary/aromatic N) is 2. The quantitative estimate of drug-likeness (QED) is 0.332. The summed E-state index contributed by atoms with van der Waals surface area (Å²) in [7, 11) is -3.75. The lowest BCUT2D eigenvalue weighted by atomic mass is 10.1. The first kappa shape index (κ1) is 26.9. The van der Waals surface area contributed by atoms with Crippen molar-refractivity contribution in [2.75, 3.05) is 6.54 Å². The van der Waals surface area contributed by atoms with Crippen LogP contribution in [-0.4, -0.2) is 54.7 Å². The van der Waals surface area contributed by atoms with Crippen LogP contribution >= 0.6 is 0 Å². The molecule has 2 aliphatic carbocycles. The minimum Gasteiger partial charge on any atom is -0.472 e. The molecule has 41 heavy (non-hydrogen) atoms. The molecule has 3 aromatic rings. The fraction of sp³-hybridized carbons (Fsp3) is 0.333. The van der Waals surface area contributed by atoms with Crippen molar-refractivity contribution in [2.45, 2.75) is 48.6 Å². The molecule has 11 heteroatoms. The Bertz CT molecular complexity index is 1700. The molecule has 2 heterocycles. The first-order chi connectivity index (χ1) is 19.7. The lowest BCUT2D eigenvalue weighted by Crippen LogP contribution is -2.55. The zero-order chi connectivity index (χ0) is 28.8. The van der Waals surface area contributed by atoms with Crippen molar-refractivity contribution in [1.29, 1.82) is 5.26 Å². The maximum absolute atomic E-state index is 13.2. The smallest absolute Gasteiger partial charge is 0.259 e. The van der Waals surface area contributed by atoms with Crippen molar-refractivity contribution >= 4 is 32.6 Å². The number of ether oxygens (including phenoxy) is 1. The first-order valence-corrected chi connectivity index (χ1v) is 15.1. The summed E-state index contributed by atoms with van der Waals surface area (Å²) in [5, 5.41) is 16.3. The maximum atomic E-state index is 13.2. The van der Waals surface area contributed by atoms with E-state index in [0.717, 1.165) is 16.3 Å². The average molecular weight is 572 g/mol. The number of amides is 2. The molecule has 1 saturated heterocycles. The van der Waals surface area contributed by atoms with Gasteiger partial charge in [-0.15, -0.1) is 6.58 Å². The number of rotatable bonds is 9. The lowest BCUT2D eigenvalue weighted by Gasteiger charge is -2.21. The van der Waals surface area contributed by atoms with Crippen LogP contribution in [0.3, 0.4) is 0 Å². The van der Waals surface area contributed by atoms with E-state index in [1.54, 1.807) is 18.2 Å². The van der Waals surface area contributed by atoms with Crippen molar-refractivity contribution < 1.29 is 22.7 Å². The Labute approximate surface area is 237 Å². The van der Waals surface area contributed by atoms with Crippen molar-refractivity contribution in [3.8, 4) is 23.2 Å². The summed E-state index contributed by atoms with van der Waals surface area (Å²) in [6, 6.07) is 18.3. The molecule has 1 aliphatic heterocycles. The Hall–Kier alpha value is -4.27. The predicted molar refractivity (Wildman–Crippen MR) is 152 cm³/mol. The molecule has 2 saturated carbocycles. The molecule has 10 nitrogen and oxygen atoms in total. The maximum Gasteiger partial charge on any atom is 0.259 e. The van der Waals surface area contributed by atoms with Gasteiger partial charge in [-0.25, -0.2) is 13.4 Å².